The molecule has 0 spiro atoms. The van der Waals surface area contributed by atoms with Crippen molar-refractivity contribution in [3.05, 3.63) is 60.9 Å². The van der Waals surface area contributed by atoms with Crippen LogP contribution < -0.4 is 5.32 Å². The first-order valence-electron chi connectivity index (χ1n) is 6.87. The van der Waals surface area contributed by atoms with E-state index in [0.29, 0.717) is 6.42 Å². The van der Waals surface area contributed by atoms with Crippen LogP contribution in [0.3, 0.4) is 0 Å². The average molecular weight is 270 g/mol. The van der Waals surface area contributed by atoms with Gasteiger partial charge in [0.05, 0.1) is 6.04 Å². The molecular formula is C17H22N2O. The van der Waals surface area contributed by atoms with Crippen LogP contribution in [0.5, 0.6) is 0 Å². The van der Waals surface area contributed by atoms with Gasteiger partial charge in [0.1, 0.15) is 0 Å². The molecule has 0 aromatic carbocycles. The fraction of sp³-hybridized carbons (Fsp3) is 0.294. The minimum Gasteiger partial charge on any atom is -0.352 e. The van der Waals surface area contributed by atoms with Gasteiger partial charge in [-0.05, 0) is 24.5 Å². The molecule has 20 heavy (non-hydrogen) atoms. The topological polar surface area (TPSA) is 41.5 Å². The van der Waals surface area contributed by atoms with E-state index in [9.17, 15) is 4.79 Å². The van der Waals surface area contributed by atoms with E-state index < -0.39 is 0 Å². The van der Waals surface area contributed by atoms with Crippen LogP contribution in [0.1, 0.15) is 26.2 Å². The lowest BCUT2D eigenvalue weighted by molar-refractivity contribution is -0.109. The van der Waals surface area contributed by atoms with Crippen LogP contribution in [0, 0.1) is 0 Å². The summed E-state index contributed by atoms with van der Waals surface area (Å²) >= 11 is 0. The Balaban J connectivity index is 2.82. The largest absolute Gasteiger partial charge is 0.352 e. The molecule has 1 rings (SSSR count). The summed E-state index contributed by atoms with van der Waals surface area (Å²) < 4.78 is 0. The van der Waals surface area contributed by atoms with Crippen LogP contribution in [0.15, 0.2) is 65.9 Å². The quantitative estimate of drug-likeness (QED) is 0.409. The summed E-state index contributed by atoms with van der Waals surface area (Å²) in [5, 5.41) is 2.88. The van der Waals surface area contributed by atoms with Crippen LogP contribution in [0.25, 0.3) is 0 Å². The molecule has 3 heteroatoms. The first-order chi connectivity index (χ1) is 9.81. The van der Waals surface area contributed by atoms with E-state index >= 15 is 0 Å². The van der Waals surface area contributed by atoms with Gasteiger partial charge < -0.3 is 5.32 Å². The molecule has 1 N–H and O–H groups in total. The molecule has 0 bridgehead atoms. The Kier molecular flexibility index (Phi) is 7.73. The van der Waals surface area contributed by atoms with E-state index in [1.165, 1.54) is 0 Å². The van der Waals surface area contributed by atoms with Crippen molar-refractivity contribution in [3.63, 3.8) is 0 Å². The van der Waals surface area contributed by atoms with Gasteiger partial charge in [0, 0.05) is 18.3 Å². The summed E-state index contributed by atoms with van der Waals surface area (Å²) in [6, 6.07) is -0.0283. The van der Waals surface area contributed by atoms with Gasteiger partial charge in [-0.25, -0.2) is 0 Å². The second-order valence-electron chi connectivity index (χ2n) is 4.39. The van der Waals surface area contributed by atoms with E-state index in [-0.39, 0.29) is 6.04 Å². The molecular weight excluding hydrogens is 248 g/mol. The molecule has 0 heterocycles. The highest BCUT2D eigenvalue weighted by atomic mass is 16.1. The van der Waals surface area contributed by atoms with Crippen molar-refractivity contribution in [3.8, 4) is 0 Å². The molecule has 0 aromatic rings. The standard InChI is InChI=1S/C17H22N2O/c1-3-5-12-18-16(4-2)13-17(19-14-20)15-10-8-6-7-9-11-15/h3,5-8,10-12,14,17H,1,4,9,13H2,2H3,(H,19,20)/b12-5-,18-16?/t17-/m0/s1. The lowest BCUT2D eigenvalue weighted by atomic mass is 9.99. The summed E-state index contributed by atoms with van der Waals surface area (Å²) in [5.41, 5.74) is 2.17. The van der Waals surface area contributed by atoms with Crippen LogP contribution >= 0.6 is 0 Å². The smallest absolute Gasteiger partial charge is 0.207 e. The van der Waals surface area contributed by atoms with Crippen LogP contribution in [0.2, 0.25) is 0 Å². The number of allylic oxidation sites excluding steroid dienone is 6. The second-order valence-corrected chi connectivity index (χ2v) is 4.39. The molecule has 0 saturated heterocycles. The van der Waals surface area contributed by atoms with Gasteiger partial charge in [0.2, 0.25) is 6.41 Å². The maximum atomic E-state index is 10.8. The van der Waals surface area contributed by atoms with E-state index in [2.05, 4.69) is 36.0 Å². The van der Waals surface area contributed by atoms with Crippen molar-refractivity contribution in [1.29, 1.82) is 0 Å². The first kappa shape index (κ1) is 15.9. The molecule has 0 aromatic heterocycles. The Morgan fingerprint density at radius 3 is 3.10 bits per heavy atom. The fourth-order valence-electron chi connectivity index (χ4n) is 1.94. The van der Waals surface area contributed by atoms with E-state index in [0.717, 1.165) is 30.5 Å². The van der Waals surface area contributed by atoms with Gasteiger partial charge in [-0.15, -0.1) is 0 Å². The normalized spacial score (nSPS) is 16.6. The van der Waals surface area contributed by atoms with Crippen LogP contribution in [0.4, 0.5) is 0 Å². The van der Waals surface area contributed by atoms with Crippen LogP contribution in [-0.4, -0.2) is 18.2 Å². The molecule has 1 aliphatic rings. The van der Waals surface area contributed by atoms with Crippen molar-refractivity contribution in [2.45, 2.75) is 32.2 Å². The number of carbonyl (C=O) groups excluding carboxylic acids is 1. The van der Waals surface area contributed by atoms with Crippen molar-refractivity contribution >= 4 is 12.1 Å². The van der Waals surface area contributed by atoms with Gasteiger partial charge in [-0.2, -0.15) is 0 Å². The van der Waals surface area contributed by atoms with Gasteiger partial charge in [-0.1, -0.05) is 50.0 Å². The third-order valence-corrected chi connectivity index (χ3v) is 3.02. The molecule has 0 radical (unpaired) electrons. The van der Waals surface area contributed by atoms with Gasteiger partial charge >= 0.3 is 0 Å². The number of nitrogens with one attached hydrogen (secondary N) is 1. The zero-order valence-corrected chi connectivity index (χ0v) is 12.0. The highest BCUT2D eigenvalue weighted by Crippen LogP contribution is 2.14. The average Bonchev–Trinajstić information content (AvgIpc) is 2.74. The van der Waals surface area contributed by atoms with Gasteiger partial charge in [-0.3, -0.25) is 9.79 Å². The molecule has 0 saturated carbocycles. The monoisotopic (exact) mass is 270 g/mol. The Morgan fingerprint density at radius 2 is 2.40 bits per heavy atom. The van der Waals surface area contributed by atoms with Crippen molar-refractivity contribution < 1.29 is 4.79 Å². The predicted octanol–water partition coefficient (Wildman–Crippen LogP) is 3.48. The highest BCUT2D eigenvalue weighted by molar-refractivity contribution is 5.86. The molecule has 0 fully saturated rings. The Hall–Kier alpha value is -2.16. The molecule has 0 unspecified atom stereocenters. The third kappa shape index (κ3) is 5.65. The summed E-state index contributed by atoms with van der Waals surface area (Å²) in [7, 11) is 0. The summed E-state index contributed by atoms with van der Waals surface area (Å²) in [6.07, 6.45) is 18.7. The number of amides is 1. The summed E-state index contributed by atoms with van der Waals surface area (Å²) in [4.78, 5) is 15.2. The van der Waals surface area contributed by atoms with Gasteiger partial charge in [0.15, 0.2) is 0 Å². The minimum atomic E-state index is -0.0283. The molecule has 1 aliphatic carbocycles. The van der Waals surface area contributed by atoms with Crippen molar-refractivity contribution in [2.24, 2.45) is 4.99 Å². The maximum absolute atomic E-state index is 10.8. The van der Waals surface area contributed by atoms with Crippen LogP contribution in [-0.2, 0) is 4.79 Å². The Bertz CT molecular complexity index is 467. The second kappa shape index (κ2) is 9.73. The van der Waals surface area contributed by atoms with Crippen molar-refractivity contribution in [1.82, 2.24) is 5.32 Å². The molecule has 106 valence electrons. The molecule has 1 atom stereocenters. The lowest BCUT2D eigenvalue weighted by Crippen LogP contribution is -2.31. The SMILES string of the molecule is C=C/C=C\N=C(CC)C[C@H](NC=O)C1=CCC=CC=C1. The van der Waals surface area contributed by atoms with Crippen molar-refractivity contribution in [2.75, 3.05) is 0 Å². The summed E-state index contributed by atoms with van der Waals surface area (Å²) in [5.74, 6) is 0. The number of rotatable bonds is 8. The minimum absolute atomic E-state index is 0.0283. The van der Waals surface area contributed by atoms with E-state index in [4.69, 9.17) is 0 Å². The zero-order chi connectivity index (χ0) is 14.6. The third-order valence-electron chi connectivity index (χ3n) is 3.02. The van der Waals surface area contributed by atoms with Gasteiger partial charge in [0.25, 0.3) is 0 Å². The molecule has 3 nitrogen and oxygen atoms in total. The number of aliphatic imine (C=N–C) groups is 1. The number of nitrogens with zero attached hydrogens (tertiary/aromatic N) is 1. The zero-order valence-electron chi connectivity index (χ0n) is 12.0. The first-order valence-corrected chi connectivity index (χ1v) is 6.87. The number of hydrogen-bond acceptors (Lipinski definition) is 2. The Morgan fingerprint density at radius 1 is 1.55 bits per heavy atom. The Labute approximate surface area is 121 Å². The number of carbonyl (C=O) groups is 1. The fourth-order valence-corrected chi connectivity index (χ4v) is 1.94. The maximum Gasteiger partial charge on any atom is 0.207 e. The van der Waals surface area contributed by atoms with E-state index in [1.54, 1.807) is 18.4 Å². The predicted molar refractivity (Wildman–Crippen MR) is 85.6 cm³/mol. The van der Waals surface area contributed by atoms with E-state index in [1.807, 2.05) is 18.2 Å². The lowest BCUT2D eigenvalue weighted by Gasteiger charge is -2.18. The molecule has 1 amide bonds. The molecule has 0 aliphatic heterocycles. The summed E-state index contributed by atoms with van der Waals surface area (Å²) in [6.45, 7) is 5.68. The highest BCUT2D eigenvalue weighted by Gasteiger charge is 2.14. The number of hydrogen-bond donors (Lipinski definition) is 1.